The van der Waals surface area contributed by atoms with Crippen molar-refractivity contribution in [3.63, 3.8) is 0 Å². The Bertz CT molecular complexity index is 1050. The zero-order valence-electron chi connectivity index (χ0n) is 18.1. The molecule has 1 aliphatic heterocycles. The molecule has 2 N–H and O–H groups in total. The largest absolute Gasteiger partial charge is 0.348 e. The number of benzene rings is 1. The number of carbonyl (C=O) groups is 3. The monoisotopic (exact) mass is 424 g/mol. The van der Waals surface area contributed by atoms with Crippen molar-refractivity contribution in [1.82, 2.24) is 14.8 Å². The van der Waals surface area contributed by atoms with E-state index in [9.17, 15) is 19.2 Å². The molecular weight excluding hydrogens is 396 g/mol. The van der Waals surface area contributed by atoms with E-state index in [0.717, 1.165) is 11.1 Å². The lowest BCUT2D eigenvalue weighted by atomic mass is 9.96. The third kappa shape index (κ3) is 5.39. The predicted octanol–water partition coefficient (Wildman–Crippen LogP) is 1.61. The summed E-state index contributed by atoms with van der Waals surface area (Å²) in [6.07, 6.45) is 3.00. The van der Waals surface area contributed by atoms with Gasteiger partial charge in [0.05, 0.1) is 0 Å². The van der Waals surface area contributed by atoms with E-state index < -0.39 is 11.8 Å². The average Bonchev–Trinajstić information content (AvgIpc) is 2.76. The van der Waals surface area contributed by atoms with Crippen molar-refractivity contribution < 1.29 is 14.4 Å². The number of piperidine rings is 1. The van der Waals surface area contributed by atoms with E-state index in [4.69, 9.17) is 0 Å². The molecule has 3 amide bonds. The van der Waals surface area contributed by atoms with Crippen LogP contribution in [0.3, 0.4) is 0 Å². The Morgan fingerprint density at radius 3 is 2.42 bits per heavy atom. The van der Waals surface area contributed by atoms with Gasteiger partial charge in [0, 0.05) is 38.6 Å². The zero-order chi connectivity index (χ0) is 22.5. The van der Waals surface area contributed by atoms with E-state index in [1.165, 1.54) is 4.57 Å². The first-order chi connectivity index (χ1) is 14.8. The Morgan fingerprint density at radius 1 is 1.03 bits per heavy atom. The average molecular weight is 425 g/mol. The number of hydrogen-bond acceptors (Lipinski definition) is 4. The second-order valence-electron chi connectivity index (χ2n) is 8.04. The molecule has 2 aromatic rings. The maximum absolute atomic E-state index is 12.6. The van der Waals surface area contributed by atoms with E-state index in [-0.39, 0.29) is 22.9 Å². The number of nitrogens with zero attached hydrogens (tertiary/aromatic N) is 2. The Labute approximate surface area is 181 Å². The molecule has 3 rings (SSSR count). The minimum Gasteiger partial charge on any atom is -0.348 e. The van der Waals surface area contributed by atoms with Gasteiger partial charge < -0.3 is 20.1 Å². The quantitative estimate of drug-likeness (QED) is 0.728. The molecule has 8 heteroatoms. The summed E-state index contributed by atoms with van der Waals surface area (Å²) in [4.78, 5) is 50.7. The number of nitrogens with one attached hydrogen (secondary N) is 2. The summed E-state index contributed by atoms with van der Waals surface area (Å²) in [5.41, 5.74) is 2.59. The molecular formula is C23H28N4O4. The number of amides is 3. The number of likely N-dealkylation sites (tertiary alicyclic amines) is 1. The second-order valence-corrected chi connectivity index (χ2v) is 8.04. The van der Waals surface area contributed by atoms with E-state index in [1.807, 2.05) is 26.0 Å². The molecule has 31 heavy (non-hydrogen) atoms. The van der Waals surface area contributed by atoms with Gasteiger partial charge in [0.2, 0.25) is 0 Å². The van der Waals surface area contributed by atoms with Crippen LogP contribution in [-0.4, -0.2) is 46.8 Å². The van der Waals surface area contributed by atoms with Gasteiger partial charge in [0.15, 0.2) is 0 Å². The van der Waals surface area contributed by atoms with Crippen LogP contribution in [0.5, 0.6) is 0 Å². The number of pyridine rings is 1. The number of aryl methyl sites for hydroxylation is 3. The van der Waals surface area contributed by atoms with Crippen molar-refractivity contribution in [2.45, 2.75) is 26.7 Å². The molecule has 0 atom stereocenters. The number of aromatic nitrogens is 1. The molecule has 0 aliphatic carbocycles. The highest BCUT2D eigenvalue weighted by molar-refractivity contribution is 6.39. The van der Waals surface area contributed by atoms with Gasteiger partial charge in [0.25, 0.3) is 11.5 Å². The Balaban J connectivity index is 1.46. The number of hydrogen-bond donors (Lipinski definition) is 2. The molecule has 0 spiro atoms. The standard InChI is InChI=1S/C23H28N4O4/c1-15-6-7-18(13-16(15)2)25-21(29)20(28)24-14-17-8-11-27(12-9-17)23(31)19-5-4-10-26(3)22(19)30/h4-7,10,13,17H,8-9,11-12,14H2,1-3H3,(H,24,28)(H,25,29). The highest BCUT2D eigenvalue weighted by Gasteiger charge is 2.26. The first-order valence-corrected chi connectivity index (χ1v) is 10.4. The lowest BCUT2D eigenvalue weighted by Gasteiger charge is -2.32. The molecule has 164 valence electrons. The summed E-state index contributed by atoms with van der Waals surface area (Å²) in [5, 5.41) is 5.29. The van der Waals surface area contributed by atoms with Crippen molar-refractivity contribution in [2.24, 2.45) is 13.0 Å². The first kappa shape index (κ1) is 22.3. The first-order valence-electron chi connectivity index (χ1n) is 10.4. The highest BCUT2D eigenvalue weighted by Crippen LogP contribution is 2.18. The van der Waals surface area contributed by atoms with Crippen LogP contribution in [0.25, 0.3) is 0 Å². The molecule has 0 unspecified atom stereocenters. The van der Waals surface area contributed by atoms with Gasteiger partial charge in [-0.1, -0.05) is 6.07 Å². The summed E-state index contributed by atoms with van der Waals surface area (Å²) in [6.45, 7) is 5.30. The fraction of sp³-hybridized carbons (Fsp3) is 0.391. The minimum absolute atomic E-state index is 0.166. The third-order valence-electron chi connectivity index (χ3n) is 5.78. The van der Waals surface area contributed by atoms with E-state index in [2.05, 4.69) is 10.6 Å². The van der Waals surface area contributed by atoms with Crippen molar-refractivity contribution in [3.05, 3.63) is 63.6 Å². The number of anilines is 1. The Hall–Kier alpha value is -3.42. The van der Waals surface area contributed by atoms with Crippen LogP contribution in [0.15, 0.2) is 41.3 Å². The van der Waals surface area contributed by atoms with Crippen molar-refractivity contribution in [2.75, 3.05) is 25.0 Å². The molecule has 1 aromatic carbocycles. The van der Waals surface area contributed by atoms with Crippen LogP contribution in [0.1, 0.15) is 34.3 Å². The van der Waals surface area contributed by atoms with Crippen LogP contribution < -0.4 is 16.2 Å². The lowest BCUT2D eigenvalue weighted by molar-refractivity contribution is -0.136. The van der Waals surface area contributed by atoms with Crippen LogP contribution in [0.2, 0.25) is 0 Å². The molecule has 2 heterocycles. The van der Waals surface area contributed by atoms with Crippen molar-refractivity contribution in [1.29, 1.82) is 0 Å². The van der Waals surface area contributed by atoms with Crippen LogP contribution in [-0.2, 0) is 16.6 Å². The topological polar surface area (TPSA) is 101 Å². The maximum atomic E-state index is 12.6. The van der Waals surface area contributed by atoms with E-state index >= 15 is 0 Å². The van der Waals surface area contributed by atoms with Crippen LogP contribution in [0.4, 0.5) is 5.69 Å². The van der Waals surface area contributed by atoms with Crippen LogP contribution >= 0.6 is 0 Å². The maximum Gasteiger partial charge on any atom is 0.313 e. The normalized spacial score (nSPS) is 14.2. The highest BCUT2D eigenvalue weighted by atomic mass is 16.2. The van der Waals surface area contributed by atoms with Gasteiger partial charge in [-0.3, -0.25) is 19.2 Å². The Kier molecular flexibility index (Phi) is 6.89. The van der Waals surface area contributed by atoms with Gasteiger partial charge in [-0.15, -0.1) is 0 Å². The molecule has 1 aromatic heterocycles. The molecule has 1 aliphatic rings. The SMILES string of the molecule is Cc1ccc(NC(=O)C(=O)NCC2CCN(C(=O)c3cccn(C)c3=O)CC2)cc1C. The zero-order valence-corrected chi connectivity index (χ0v) is 18.1. The summed E-state index contributed by atoms with van der Waals surface area (Å²) >= 11 is 0. The van der Waals surface area contributed by atoms with E-state index in [1.54, 1.807) is 36.3 Å². The summed E-state index contributed by atoms with van der Waals surface area (Å²) in [7, 11) is 1.62. The predicted molar refractivity (Wildman–Crippen MR) is 118 cm³/mol. The molecule has 1 fully saturated rings. The summed E-state index contributed by atoms with van der Waals surface area (Å²) < 4.78 is 1.39. The van der Waals surface area contributed by atoms with Gasteiger partial charge >= 0.3 is 11.8 Å². The summed E-state index contributed by atoms with van der Waals surface area (Å²) in [6, 6.07) is 8.71. The fourth-order valence-electron chi connectivity index (χ4n) is 3.59. The molecule has 1 saturated heterocycles. The van der Waals surface area contributed by atoms with Gasteiger partial charge in [-0.2, -0.15) is 0 Å². The van der Waals surface area contributed by atoms with Crippen molar-refractivity contribution >= 4 is 23.4 Å². The molecule has 8 nitrogen and oxygen atoms in total. The van der Waals surface area contributed by atoms with Crippen LogP contribution in [0, 0.1) is 19.8 Å². The number of rotatable bonds is 4. The lowest BCUT2D eigenvalue weighted by Crippen LogP contribution is -2.44. The summed E-state index contributed by atoms with van der Waals surface area (Å²) in [5.74, 6) is -1.47. The van der Waals surface area contributed by atoms with E-state index in [0.29, 0.717) is 38.2 Å². The smallest absolute Gasteiger partial charge is 0.313 e. The molecule has 0 saturated carbocycles. The molecule has 0 radical (unpaired) electrons. The molecule has 0 bridgehead atoms. The van der Waals surface area contributed by atoms with Gasteiger partial charge in [-0.25, -0.2) is 0 Å². The fourth-order valence-corrected chi connectivity index (χ4v) is 3.59. The Morgan fingerprint density at radius 2 is 1.74 bits per heavy atom. The minimum atomic E-state index is -0.698. The third-order valence-corrected chi connectivity index (χ3v) is 5.78. The second kappa shape index (κ2) is 9.59. The number of carbonyl (C=O) groups excluding carboxylic acids is 3. The van der Waals surface area contributed by atoms with Gasteiger partial charge in [-0.05, 0) is 68.0 Å². The van der Waals surface area contributed by atoms with Gasteiger partial charge in [0.1, 0.15) is 5.56 Å². The van der Waals surface area contributed by atoms with Crippen molar-refractivity contribution in [3.8, 4) is 0 Å².